The first-order valence-electron chi connectivity index (χ1n) is 1.51. The lowest BCUT2D eigenvalue weighted by Crippen LogP contribution is -1.94. The molecule has 3 nitrogen and oxygen atoms in total. The quantitative estimate of drug-likeness (QED) is 0.352. The van der Waals surface area contributed by atoms with E-state index in [1.807, 2.05) is 0 Å². The van der Waals surface area contributed by atoms with Gasteiger partial charge in [0.05, 0.1) is 7.11 Å². The lowest BCUT2D eigenvalue weighted by Gasteiger charge is -1.83. The summed E-state index contributed by atoms with van der Waals surface area (Å²) in [5.74, 6) is 0. The predicted octanol–water partition coefficient (Wildman–Crippen LogP) is 0.903. The molecule has 0 N–H and O–H groups in total. The number of ether oxygens (including phenoxy) is 1. The van der Waals surface area contributed by atoms with Gasteiger partial charge in [-0.15, -0.1) is 12.8 Å². The van der Waals surface area contributed by atoms with Crippen molar-refractivity contribution in [3.8, 4) is 12.8 Å². The predicted molar refractivity (Wildman–Crippen MR) is 24.5 cm³/mol. The van der Waals surface area contributed by atoms with E-state index in [1.54, 1.807) is 0 Å². The minimum atomic E-state index is -1.32. The zero-order valence-electron chi connectivity index (χ0n) is 4.26. The second-order valence-electron chi connectivity index (χ2n) is 0.531. The third-order valence-corrected chi connectivity index (χ3v) is 0.230. The summed E-state index contributed by atoms with van der Waals surface area (Å²) < 4.78 is 14.1. The van der Waals surface area contributed by atoms with Gasteiger partial charge in [-0.2, -0.15) is 0 Å². The molecule has 0 rings (SSSR count). The summed E-state index contributed by atoms with van der Waals surface area (Å²) in [5.41, 5.74) is 0. The summed E-state index contributed by atoms with van der Waals surface area (Å²) >= 11 is 0. The van der Waals surface area contributed by atoms with Gasteiger partial charge in [0, 0.05) is 4.53 Å². The smallest absolute Gasteiger partial charge is 0.435 e. The fourth-order valence-electron chi connectivity index (χ4n) is 0.0315. The molecule has 0 heterocycles. The fourth-order valence-corrected chi connectivity index (χ4v) is 0.0315. The lowest BCUT2D eigenvalue weighted by molar-refractivity contribution is -0.0947. The third-order valence-electron chi connectivity index (χ3n) is 0.230. The highest BCUT2D eigenvalue weighted by Crippen LogP contribution is 1.77. The number of terminal acetylenes is 1. The molecular weight excluding hydrogens is 115 g/mol. The fraction of sp³-hybridized carbons (Fsp3) is 0.250. The first-order chi connectivity index (χ1) is 3.81. The van der Waals surface area contributed by atoms with E-state index >= 15 is 0 Å². The Kier molecular flexibility index (Phi) is 11.4. The molecule has 0 aliphatic carbocycles. The standard InChI is InChI=1S/C2H3FO3.C2H2/c1-5-2(4)6-3;1-2/h1H3;1-2H. The van der Waals surface area contributed by atoms with Gasteiger partial charge in [0.1, 0.15) is 0 Å². The zero-order chi connectivity index (χ0) is 6.99. The molecule has 0 aliphatic rings. The van der Waals surface area contributed by atoms with Crippen molar-refractivity contribution in [3.05, 3.63) is 0 Å². The summed E-state index contributed by atoms with van der Waals surface area (Å²) in [4.78, 5) is 11.9. The van der Waals surface area contributed by atoms with Crippen molar-refractivity contribution in [1.29, 1.82) is 0 Å². The number of halogens is 1. The monoisotopic (exact) mass is 120 g/mol. The number of hydrogen-bond acceptors (Lipinski definition) is 3. The maximum absolute atomic E-state index is 10.4. The Morgan fingerprint density at radius 2 is 2.00 bits per heavy atom. The van der Waals surface area contributed by atoms with Crippen molar-refractivity contribution >= 4 is 6.16 Å². The van der Waals surface area contributed by atoms with E-state index in [4.69, 9.17) is 0 Å². The largest absolute Gasteiger partial charge is 0.544 e. The van der Waals surface area contributed by atoms with Crippen LogP contribution in [0.25, 0.3) is 0 Å². The van der Waals surface area contributed by atoms with Crippen LogP contribution in [0.15, 0.2) is 0 Å². The second kappa shape index (κ2) is 9.23. The van der Waals surface area contributed by atoms with Crippen molar-refractivity contribution in [2.45, 2.75) is 0 Å². The van der Waals surface area contributed by atoms with Gasteiger partial charge >= 0.3 is 6.16 Å². The van der Waals surface area contributed by atoms with E-state index in [9.17, 15) is 9.32 Å². The number of methoxy groups -OCH3 is 1. The molecule has 8 heavy (non-hydrogen) atoms. The van der Waals surface area contributed by atoms with E-state index in [-0.39, 0.29) is 0 Å². The summed E-state index contributed by atoms with van der Waals surface area (Å²) in [5, 5.41) is 0. The van der Waals surface area contributed by atoms with Crippen LogP contribution < -0.4 is 0 Å². The lowest BCUT2D eigenvalue weighted by atomic mass is 11.4. The molecular formula is C4H5FO3. The maximum atomic E-state index is 10.4. The number of rotatable bonds is 0. The molecule has 46 valence electrons. The van der Waals surface area contributed by atoms with E-state index < -0.39 is 6.16 Å². The van der Waals surface area contributed by atoms with Gasteiger partial charge in [-0.25, -0.2) is 9.74 Å². The normalized spacial score (nSPS) is 5.50. The SMILES string of the molecule is C#C.COC(=O)OF. The van der Waals surface area contributed by atoms with Crippen LogP contribution >= 0.6 is 0 Å². The minimum Gasteiger partial charge on any atom is -0.435 e. The molecule has 0 spiro atoms. The van der Waals surface area contributed by atoms with Gasteiger partial charge in [-0.3, -0.25) is 0 Å². The molecule has 0 unspecified atom stereocenters. The highest BCUT2D eigenvalue weighted by molar-refractivity contribution is 5.58. The van der Waals surface area contributed by atoms with Crippen LogP contribution in [-0.2, 0) is 9.68 Å². The molecule has 0 amide bonds. The Labute approximate surface area is 46.3 Å². The van der Waals surface area contributed by atoms with Crippen molar-refractivity contribution in [1.82, 2.24) is 0 Å². The third kappa shape index (κ3) is 8.83. The molecule has 0 fully saturated rings. The molecule has 0 bridgehead atoms. The molecule has 0 aliphatic heterocycles. The van der Waals surface area contributed by atoms with Gasteiger partial charge in [-0.1, -0.05) is 0 Å². The van der Waals surface area contributed by atoms with Gasteiger partial charge in [0.2, 0.25) is 0 Å². The molecule has 0 saturated heterocycles. The zero-order valence-corrected chi connectivity index (χ0v) is 4.26. The Morgan fingerprint density at radius 1 is 1.62 bits per heavy atom. The molecule has 0 radical (unpaired) electrons. The van der Waals surface area contributed by atoms with Crippen LogP contribution in [-0.4, -0.2) is 13.3 Å². The van der Waals surface area contributed by atoms with Gasteiger partial charge in [0.25, 0.3) is 0 Å². The Hall–Kier alpha value is -1.24. The van der Waals surface area contributed by atoms with E-state index in [2.05, 4.69) is 22.5 Å². The summed E-state index contributed by atoms with van der Waals surface area (Å²) in [6.07, 6.45) is 6.68. The first kappa shape index (κ1) is 9.90. The summed E-state index contributed by atoms with van der Waals surface area (Å²) in [6.45, 7) is 0. The van der Waals surface area contributed by atoms with Crippen LogP contribution in [0.4, 0.5) is 9.32 Å². The Balaban J connectivity index is 0. The van der Waals surface area contributed by atoms with Crippen LogP contribution in [0.1, 0.15) is 0 Å². The average Bonchev–Trinajstić information content (AvgIpc) is 1.91. The van der Waals surface area contributed by atoms with Crippen LogP contribution in [0.3, 0.4) is 0 Å². The molecule has 4 heteroatoms. The topological polar surface area (TPSA) is 35.5 Å². The van der Waals surface area contributed by atoms with Gasteiger partial charge in [-0.05, 0) is 0 Å². The highest BCUT2D eigenvalue weighted by Gasteiger charge is 1.94. The Morgan fingerprint density at radius 3 is 2.00 bits per heavy atom. The van der Waals surface area contributed by atoms with Gasteiger partial charge < -0.3 is 4.74 Å². The van der Waals surface area contributed by atoms with Crippen LogP contribution in [0, 0.1) is 12.8 Å². The first-order valence-corrected chi connectivity index (χ1v) is 1.51. The maximum Gasteiger partial charge on any atom is 0.544 e. The van der Waals surface area contributed by atoms with Crippen molar-refractivity contribution in [2.75, 3.05) is 7.11 Å². The second-order valence-corrected chi connectivity index (χ2v) is 0.531. The van der Waals surface area contributed by atoms with E-state index in [1.165, 1.54) is 0 Å². The summed E-state index contributed by atoms with van der Waals surface area (Å²) in [6, 6.07) is 0. The molecule has 0 aromatic heterocycles. The van der Waals surface area contributed by atoms with Crippen molar-refractivity contribution in [2.24, 2.45) is 0 Å². The van der Waals surface area contributed by atoms with Crippen molar-refractivity contribution < 1.29 is 19.0 Å². The number of hydrogen-bond donors (Lipinski definition) is 0. The van der Waals surface area contributed by atoms with E-state index in [0.29, 0.717) is 0 Å². The van der Waals surface area contributed by atoms with Crippen LogP contribution in [0.2, 0.25) is 0 Å². The number of carbonyl (C=O) groups is 1. The Bertz CT molecular complexity index is 72.6. The highest BCUT2D eigenvalue weighted by atomic mass is 19.3. The molecule has 0 aromatic rings. The number of carbonyl (C=O) groups excluding carboxylic acids is 1. The summed E-state index contributed by atoms with van der Waals surface area (Å²) in [7, 11) is 1.02. The average molecular weight is 120 g/mol. The van der Waals surface area contributed by atoms with Crippen molar-refractivity contribution in [3.63, 3.8) is 0 Å². The molecule has 0 saturated carbocycles. The molecule has 0 atom stereocenters. The van der Waals surface area contributed by atoms with E-state index in [0.717, 1.165) is 7.11 Å². The minimum absolute atomic E-state index is 1.02. The molecule has 0 aromatic carbocycles. The van der Waals surface area contributed by atoms with Gasteiger partial charge in [0.15, 0.2) is 0 Å². The van der Waals surface area contributed by atoms with Crippen LogP contribution in [0.5, 0.6) is 0 Å².